The Kier molecular flexibility index (Phi) is 2.06. The molecule has 1 fully saturated rings. The second kappa shape index (κ2) is 3.30. The second-order valence-electron chi connectivity index (χ2n) is 4.61. The molecule has 0 bridgehead atoms. The lowest BCUT2D eigenvalue weighted by molar-refractivity contribution is -0.860. The number of rotatable bonds is 0. The molecule has 2 N–H and O–H groups in total. The van der Waals surface area contributed by atoms with Gasteiger partial charge in [0.25, 0.3) is 0 Å². The van der Waals surface area contributed by atoms with Gasteiger partial charge < -0.3 is 5.11 Å². The Balaban J connectivity index is 2.03. The van der Waals surface area contributed by atoms with Crippen LogP contribution < -0.4 is 4.90 Å². The number of para-hydroxylation sites is 1. The van der Waals surface area contributed by atoms with E-state index in [2.05, 4.69) is 36.2 Å². The number of quaternary nitrogens is 1. The third-order valence-electron chi connectivity index (χ3n) is 3.73. The summed E-state index contributed by atoms with van der Waals surface area (Å²) in [6.07, 6.45) is 1.01. The van der Waals surface area contributed by atoms with Crippen LogP contribution in [0.3, 0.4) is 0 Å². The van der Waals surface area contributed by atoms with E-state index in [1.54, 1.807) is 0 Å². The van der Waals surface area contributed by atoms with Crippen LogP contribution >= 0.6 is 0 Å². The SMILES string of the molecule is C[NH+]1c2ccccc2CN2CCC(O)C21. The maximum Gasteiger partial charge on any atom is 0.175 e. The lowest BCUT2D eigenvalue weighted by Gasteiger charge is -2.36. The Morgan fingerprint density at radius 2 is 2.20 bits per heavy atom. The summed E-state index contributed by atoms with van der Waals surface area (Å²) in [6, 6.07) is 8.55. The van der Waals surface area contributed by atoms with Crippen molar-refractivity contribution in [1.29, 1.82) is 0 Å². The summed E-state index contributed by atoms with van der Waals surface area (Å²) in [6.45, 7) is 2.02. The number of hydrogen-bond donors (Lipinski definition) is 2. The molecule has 3 unspecified atom stereocenters. The molecule has 0 aliphatic carbocycles. The van der Waals surface area contributed by atoms with Crippen molar-refractivity contribution >= 4 is 5.69 Å². The van der Waals surface area contributed by atoms with Crippen molar-refractivity contribution in [3.05, 3.63) is 29.8 Å². The molecule has 2 heterocycles. The molecule has 3 heteroatoms. The van der Waals surface area contributed by atoms with Gasteiger partial charge in [-0.25, -0.2) is 4.90 Å². The maximum atomic E-state index is 9.96. The first-order chi connectivity index (χ1) is 7.27. The molecule has 80 valence electrons. The molecule has 0 saturated carbocycles. The predicted molar refractivity (Wildman–Crippen MR) is 57.8 cm³/mol. The van der Waals surface area contributed by atoms with E-state index in [9.17, 15) is 5.11 Å². The van der Waals surface area contributed by atoms with Crippen LogP contribution in [-0.2, 0) is 6.54 Å². The summed E-state index contributed by atoms with van der Waals surface area (Å²) in [5.74, 6) is 0. The minimum Gasteiger partial charge on any atom is -0.385 e. The van der Waals surface area contributed by atoms with Crippen molar-refractivity contribution in [2.45, 2.75) is 25.2 Å². The fourth-order valence-electron chi connectivity index (χ4n) is 3.00. The van der Waals surface area contributed by atoms with Crippen LogP contribution in [0.2, 0.25) is 0 Å². The highest BCUT2D eigenvalue weighted by Crippen LogP contribution is 2.25. The molecule has 1 aromatic rings. The first kappa shape index (κ1) is 9.33. The first-order valence-corrected chi connectivity index (χ1v) is 5.61. The molecular weight excluding hydrogens is 188 g/mol. The zero-order chi connectivity index (χ0) is 10.4. The predicted octanol–water partition coefficient (Wildman–Crippen LogP) is -0.261. The average Bonchev–Trinajstić information content (AvgIpc) is 2.61. The number of nitrogens with one attached hydrogen (secondary N) is 1. The second-order valence-corrected chi connectivity index (χ2v) is 4.61. The fraction of sp³-hybridized carbons (Fsp3) is 0.500. The van der Waals surface area contributed by atoms with Crippen molar-refractivity contribution in [2.75, 3.05) is 13.6 Å². The lowest BCUT2D eigenvalue weighted by atomic mass is 10.1. The molecule has 3 atom stereocenters. The average molecular weight is 205 g/mol. The van der Waals surface area contributed by atoms with Gasteiger partial charge in [0.2, 0.25) is 0 Å². The van der Waals surface area contributed by atoms with Gasteiger partial charge in [-0.05, 0) is 12.5 Å². The first-order valence-electron chi connectivity index (χ1n) is 5.61. The van der Waals surface area contributed by atoms with E-state index >= 15 is 0 Å². The highest BCUT2D eigenvalue weighted by Gasteiger charge is 2.43. The number of likely N-dealkylation sites (N-methyl/N-ethyl adjacent to an activating group) is 1. The standard InChI is InChI=1S/C12H16N2O/c1-13-10-5-3-2-4-9(10)8-14-7-6-11(15)12(13)14/h2-5,11-12,15H,6-8H2,1H3/p+1. The van der Waals surface area contributed by atoms with Crippen LogP contribution in [0.25, 0.3) is 0 Å². The molecule has 2 aliphatic heterocycles. The smallest absolute Gasteiger partial charge is 0.175 e. The van der Waals surface area contributed by atoms with Crippen molar-refractivity contribution < 1.29 is 10.0 Å². The van der Waals surface area contributed by atoms with Gasteiger partial charge in [0.1, 0.15) is 11.8 Å². The summed E-state index contributed by atoms with van der Waals surface area (Å²) < 4.78 is 0. The van der Waals surface area contributed by atoms with Crippen molar-refractivity contribution in [3.8, 4) is 0 Å². The van der Waals surface area contributed by atoms with Crippen molar-refractivity contribution in [2.24, 2.45) is 0 Å². The molecular formula is C12H17N2O+. The number of benzene rings is 1. The van der Waals surface area contributed by atoms with Crippen molar-refractivity contribution in [3.63, 3.8) is 0 Å². The molecule has 2 aliphatic rings. The number of hydrogen-bond acceptors (Lipinski definition) is 2. The van der Waals surface area contributed by atoms with Gasteiger partial charge in [-0.15, -0.1) is 0 Å². The molecule has 3 rings (SSSR count). The monoisotopic (exact) mass is 205 g/mol. The summed E-state index contributed by atoms with van der Waals surface area (Å²) in [5, 5.41) is 9.96. The third-order valence-corrected chi connectivity index (χ3v) is 3.73. The van der Waals surface area contributed by atoms with E-state index < -0.39 is 0 Å². The molecule has 3 nitrogen and oxygen atoms in total. The molecule has 15 heavy (non-hydrogen) atoms. The quantitative estimate of drug-likeness (QED) is 0.611. The Hall–Kier alpha value is -0.900. The van der Waals surface area contributed by atoms with Gasteiger partial charge in [0.15, 0.2) is 6.17 Å². The van der Waals surface area contributed by atoms with E-state index in [0.29, 0.717) is 0 Å². The summed E-state index contributed by atoms with van der Waals surface area (Å²) in [7, 11) is 2.16. The van der Waals surface area contributed by atoms with Crippen LogP contribution in [0.4, 0.5) is 5.69 Å². The van der Waals surface area contributed by atoms with Gasteiger partial charge >= 0.3 is 0 Å². The maximum absolute atomic E-state index is 9.96. The largest absolute Gasteiger partial charge is 0.385 e. The van der Waals surface area contributed by atoms with Crippen LogP contribution in [0, 0.1) is 0 Å². The molecule has 0 amide bonds. The number of aliphatic hydroxyl groups excluding tert-OH is 1. The van der Waals surface area contributed by atoms with Crippen LogP contribution in [-0.4, -0.2) is 35.9 Å². The Morgan fingerprint density at radius 1 is 1.40 bits per heavy atom. The highest BCUT2D eigenvalue weighted by atomic mass is 16.3. The van der Waals surface area contributed by atoms with Crippen LogP contribution in [0.1, 0.15) is 12.0 Å². The number of aliphatic hydroxyl groups is 1. The van der Waals surface area contributed by atoms with Crippen LogP contribution in [0.15, 0.2) is 24.3 Å². The summed E-state index contributed by atoms with van der Waals surface area (Å²) in [5.41, 5.74) is 2.75. The van der Waals surface area contributed by atoms with Gasteiger partial charge in [0, 0.05) is 18.7 Å². The Bertz CT molecular complexity index is 380. The normalized spacial score (nSPS) is 34.9. The molecule has 1 saturated heterocycles. The molecule has 0 spiro atoms. The van der Waals surface area contributed by atoms with E-state index in [0.717, 1.165) is 19.5 Å². The third kappa shape index (κ3) is 1.31. The van der Waals surface area contributed by atoms with E-state index in [-0.39, 0.29) is 12.3 Å². The Labute approximate surface area is 89.9 Å². The zero-order valence-corrected chi connectivity index (χ0v) is 8.98. The van der Waals surface area contributed by atoms with Gasteiger partial charge in [0.05, 0.1) is 7.05 Å². The van der Waals surface area contributed by atoms with E-state index in [4.69, 9.17) is 0 Å². The van der Waals surface area contributed by atoms with Crippen LogP contribution in [0.5, 0.6) is 0 Å². The topological polar surface area (TPSA) is 27.9 Å². The van der Waals surface area contributed by atoms with Gasteiger partial charge in [-0.3, -0.25) is 4.90 Å². The number of fused-ring (bicyclic) bond motifs is 2. The highest BCUT2D eigenvalue weighted by molar-refractivity contribution is 5.40. The minimum absolute atomic E-state index is 0.168. The zero-order valence-electron chi connectivity index (χ0n) is 8.98. The number of nitrogens with zero attached hydrogens (tertiary/aromatic N) is 1. The van der Waals surface area contributed by atoms with Crippen molar-refractivity contribution in [1.82, 2.24) is 4.90 Å². The minimum atomic E-state index is -0.168. The van der Waals surface area contributed by atoms with Gasteiger partial charge in [-0.1, -0.05) is 18.2 Å². The molecule has 1 aromatic carbocycles. The molecule has 0 aromatic heterocycles. The fourth-order valence-corrected chi connectivity index (χ4v) is 3.00. The van der Waals surface area contributed by atoms with E-state index in [1.165, 1.54) is 16.2 Å². The summed E-state index contributed by atoms with van der Waals surface area (Å²) in [4.78, 5) is 3.73. The van der Waals surface area contributed by atoms with E-state index in [1.807, 2.05) is 0 Å². The summed E-state index contributed by atoms with van der Waals surface area (Å²) >= 11 is 0. The molecule has 0 radical (unpaired) electrons. The van der Waals surface area contributed by atoms with Gasteiger partial charge in [-0.2, -0.15) is 0 Å². The Morgan fingerprint density at radius 3 is 3.07 bits per heavy atom. The lowest BCUT2D eigenvalue weighted by Crippen LogP contribution is -3.12.